The van der Waals surface area contributed by atoms with E-state index in [0.29, 0.717) is 6.61 Å². The van der Waals surface area contributed by atoms with Gasteiger partial charge in [-0.2, -0.15) is 0 Å². The summed E-state index contributed by atoms with van der Waals surface area (Å²) in [6, 6.07) is 18.7. The fraction of sp³-hybridized carbons (Fsp3) is 0.429. The molecule has 0 heterocycles. The van der Waals surface area contributed by atoms with Gasteiger partial charge in [0.2, 0.25) is 0 Å². The van der Waals surface area contributed by atoms with Gasteiger partial charge in [-0.1, -0.05) is 102 Å². The molecule has 41 heavy (non-hydrogen) atoms. The largest absolute Gasteiger partial charge is 0.494 e. The molecule has 0 spiro atoms. The maximum absolute atomic E-state index is 14.5. The summed E-state index contributed by atoms with van der Waals surface area (Å²) in [4.78, 5) is 25.3. The molecule has 3 rings (SSSR count). The van der Waals surface area contributed by atoms with Gasteiger partial charge in [0.05, 0.1) is 18.8 Å². The zero-order valence-corrected chi connectivity index (χ0v) is 24.6. The Morgan fingerprint density at radius 2 is 1.37 bits per heavy atom. The van der Waals surface area contributed by atoms with Crippen molar-refractivity contribution < 1.29 is 28.2 Å². The number of rotatable bonds is 17. The van der Waals surface area contributed by atoms with Crippen LogP contribution in [0.3, 0.4) is 0 Å². The van der Waals surface area contributed by atoms with E-state index in [1.807, 2.05) is 50.2 Å². The Bertz CT molecular complexity index is 1220. The maximum Gasteiger partial charge on any atom is 0.344 e. The number of esters is 2. The van der Waals surface area contributed by atoms with Crippen molar-refractivity contribution in [2.45, 2.75) is 78.6 Å². The molecule has 3 aromatic rings. The molecule has 0 saturated heterocycles. The van der Waals surface area contributed by atoms with E-state index in [1.54, 1.807) is 12.1 Å². The third-order valence-corrected chi connectivity index (χ3v) is 7.15. The Morgan fingerprint density at radius 3 is 2.00 bits per heavy atom. The lowest BCUT2D eigenvalue weighted by molar-refractivity contribution is 0.0436. The van der Waals surface area contributed by atoms with E-state index in [9.17, 15) is 14.0 Å². The zero-order chi connectivity index (χ0) is 29.5. The molecular weight excluding hydrogens is 519 g/mol. The molecule has 0 aliphatic carbocycles. The summed E-state index contributed by atoms with van der Waals surface area (Å²) in [5.41, 5.74) is 1.81. The third-order valence-electron chi connectivity index (χ3n) is 7.15. The van der Waals surface area contributed by atoms with Crippen molar-refractivity contribution in [2.75, 3.05) is 13.2 Å². The van der Waals surface area contributed by atoms with Crippen LogP contribution in [0.5, 0.6) is 11.5 Å². The highest BCUT2D eigenvalue weighted by molar-refractivity contribution is 5.96. The summed E-state index contributed by atoms with van der Waals surface area (Å²) < 4.78 is 31.0. The Kier molecular flexibility index (Phi) is 13.4. The van der Waals surface area contributed by atoms with Crippen molar-refractivity contribution in [3.63, 3.8) is 0 Å². The summed E-state index contributed by atoms with van der Waals surface area (Å²) >= 11 is 0. The number of hydrogen-bond acceptors (Lipinski definition) is 5. The van der Waals surface area contributed by atoms with Crippen LogP contribution in [-0.4, -0.2) is 25.2 Å². The topological polar surface area (TPSA) is 61.8 Å². The third kappa shape index (κ3) is 10.3. The number of benzene rings is 3. The number of unbranched alkanes of at least 4 members (excludes halogenated alkanes) is 7. The van der Waals surface area contributed by atoms with E-state index >= 15 is 0 Å². The van der Waals surface area contributed by atoms with Crippen LogP contribution in [0.15, 0.2) is 66.7 Å². The van der Waals surface area contributed by atoms with Crippen molar-refractivity contribution in [1.29, 1.82) is 0 Å². The first-order chi connectivity index (χ1) is 19.9. The summed E-state index contributed by atoms with van der Waals surface area (Å²) in [5.74, 6) is -1.54. The first kappa shape index (κ1) is 31.9. The minimum absolute atomic E-state index is 0.138. The highest BCUT2D eigenvalue weighted by Crippen LogP contribution is 2.26. The SMILES string of the molecule is CCCCCCCCCCOc1ccc(-c2ccc(C(=O)Oc3cccc(F)c3C(=O)OC[C@@H](C)CC)cc2)cc1. The first-order valence-corrected chi connectivity index (χ1v) is 14.9. The van der Waals surface area contributed by atoms with Crippen LogP contribution >= 0.6 is 0 Å². The van der Waals surface area contributed by atoms with Crippen molar-refractivity contribution >= 4 is 11.9 Å². The molecule has 0 amide bonds. The number of halogens is 1. The molecule has 220 valence electrons. The minimum atomic E-state index is -0.855. The Balaban J connectivity index is 1.52. The van der Waals surface area contributed by atoms with Crippen LogP contribution in [-0.2, 0) is 4.74 Å². The standard InChI is InChI=1S/C35H43FO5/c1-4-6-7-8-9-10-11-12-24-39-30-22-20-28(21-23-30)27-16-18-29(19-17-27)34(37)41-32-15-13-14-31(36)33(32)35(38)40-25-26(3)5-2/h13-23,26H,4-12,24-25H2,1-3H3/t26-/m0/s1. The van der Waals surface area contributed by atoms with Crippen LogP contribution in [0, 0.1) is 11.7 Å². The van der Waals surface area contributed by atoms with Crippen LogP contribution in [0.1, 0.15) is 99.3 Å². The lowest BCUT2D eigenvalue weighted by Crippen LogP contribution is -2.16. The second kappa shape index (κ2) is 17.2. The number of ether oxygens (including phenoxy) is 3. The highest BCUT2D eigenvalue weighted by atomic mass is 19.1. The van der Waals surface area contributed by atoms with Gasteiger partial charge in [-0.15, -0.1) is 0 Å². The molecule has 3 aromatic carbocycles. The second-order valence-corrected chi connectivity index (χ2v) is 10.5. The summed E-state index contributed by atoms with van der Waals surface area (Å²) in [5, 5.41) is 0. The van der Waals surface area contributed by atoms with Crippen LogP contribution in [0.2, 0.25) is 0 Å². The molecule has 0 bridgehead atoms. The average Bonchev–Trinajstić information content (AvgIpc) is 2.99. The van der Waals surface area contributed by atoms with Gasteiger partial charge >= 0.3 is 11.9 Å². The molecule has 0 radical (unpaired) electrons. The van der Waals surface area contributed by atoms with Gasteiger partial charge in [0.15, 0.2) is 0 Å². The Morgan fingerprint density at radius 1 is 0.756 bits per heavy atom. The minimum Gasteiger partial charge on any atom is -0.494 e. The quantitative estimate of drug-likeness (QED) is 0.0931. The molecule has 0 saturated carbocycles. The Labute approximate surface area is 244 Å². The molecule has 1 atom stereocenters. The second-order valence-electron chi connectivity index (χ2n) is 10.5. The van der Waals surface area contributed by atoms with Crippen LogP contribution in [0.4, 0.5) is 4.39 Å². The molecule has 0 aliphatic rings. The van der Waals surface area contributed by atoms with Gasteiger partial charge in [-0.3, -0.25) is 0 Å². The maximum atomic E-state index is 14.5. The van der Waals surface area contributed by atoms with Crippen molar-refractivity contribution in [1.82, 2.24) is 0 Å². The van der Waals surface area contributed by atoms with Gasteiger partial charge in [0.25, 0.3) is 0 Å². The highest BCUT2D eigenvalue weighted by Gasteiger charge is 2.22. The van der Waals surface area contributed by atoms with Crippen molar-refractivity contribution in [2.24, 2.45) is 5.92 Å². The molecule has 5 nitrogen and oxygen atoms in total. The average molecular weight is 563 g/mol. The first-order valence-electron chi connectivity index (χ1n) is 14.9. The van der Waals surface area contributed by atoms with Crippen molar-refractivity contribution in [3.05, 3.63) is 83.7 Å². The molecule has 0 N–H and O–H groups in total. The predicted octanol–water partition coefficient (Wildman–Crippen LogP) is 9.43. The Hall–Kier alpha value is -3.67. The van der Waals surface area contributed by atoms with Gasteiger partial charge in [0.1, 0.15) is 22.9 Å². The summed E-state index contributed by atoms with van der Waals surface area (Å²) in [7, 11) is 0. The van der Waals surface area contributed by atoms with Gasteiger partial charge in [-0.05, 0) is 59.9 Å². The van der Waals surface area contributed by atoms with Gasteiger partial charge in [0, 0.05) is 0 Å². The predicted molar refractivity (Wildman–Crippen MR) is 161 cm³/mol. The smallest absolute Gasteiger partial charge is 0.344 e. The number of hydrogen-bond donors (Lipinski definition) is 0. The van der Waals surface area contributed by atoms with E-state index in [1.165, 1.54) is 57.1 Å². The summed E-state index contributed by atoms with van der Waals surface area (Å²) in [6.07, 6.45) is 11.0. The number of carbonyl (C=O) groups excluding carboxylic acids is 2. The fourth-order valence-electron chi connectivity index (χ4n) is 4.32. The van der Waals surface area contributed by atoms with E-state index < -0.39 is 17.8 Å². The lowest BCUT2D eigenvalue weighted by atomic mass is 10.0. The van der Waals surface area contributed by atoms with E-state index in [0.717, 1.165) is 35.8 Å². The molecule has 0 unspecified atom stereocenters. The molecule has 0 fully saturated rings. The van der Waals surface area contributed by atoms with Gasteiger partial charge < -0.3 is 14.2 Å². The molecule has 0 aromatic heterocycles. The molecule has 0 aliphatic heterocycles. The molecular formula is C35H43FO5. The van der Waals surface area contributed by atoms with Crippen LogP contribution < -0.4 is 9.47 Å². The van der Waals surface area contributed by atoms with Gasteiger partial charge in [-0.25, -0.2) is 14.0 Å². The number of carbonyl (C=O) groups is 2. The zero-order valence-electron chi connectivity index (χ0n) is 24.6. The van der Waals surface area contributed by atoms with E-state index in [4.69, 9.17) is 14.2 Å². The lowest BCUT2D eigenvalue weighted by Gasteiger charge is -2.13. The van der Waals surface area contributed by atoms with Crippen LogP contribution in [0.25, 0.3) is 11.1 Å². The van der Waals surface area contributed by atoms with Crippen molar-refractivity contribution in [3.8, 4) is 22.6 Å². The summed E-state index contributed by atoms with van der Waals surface area (Å²) in [6.45, 7) is 7.02. The monoisotopic (exact) mass is 562 g/mol. The normalized spacial score (nSPS) is 11.6. The van der Waals surface area contributed by atoms with E-state index in [2.05, 4.69) is 6.92 Å². The van der Waals surface area contributed by atoms with E-state index in [-0.39, 0.29) is 29.4 Å². The fourth-order valence-corrected chi connectivity index (χ4v) is 4.32. The molecule has 6 heteroatoms.